The Morgan fingerprint density at radius 1 is 0.533 bits per heavy atom. The topological polar surface area (TPSA) is 0 Å². The summed E-state index contributed by atoms with van der Waals surface area (Å²) < 4.78 is 5.26. The number of fused-ring (bicyclic) bond motifs is 1. The van der Waals surface area contributed by atoms with Gasteiger partial charge in [0, 0.05) is 22.4 Å². The van der Waals surface area contributed by atoms with Crippen molar-refractivity contribution in [3.05, 3.63) is 40.6 Å². The molecule has 0 atom stereocenters. The lowest BCUT2D eigenvalue weighted by Gasteiger charge is -2.08. The third-order valence-electron chi connectivity index (χ3n) is 2.02. The third-order valence-corrected chi connectivity index (χ3v) is 6.53. The van der Waals surface area contributed by atoms with E-state index in [0.717, 1.165) is 27.7 Å². The van der Waals surface area contributed by atoms with Gasteiger partial charge in [-0.25, -0.2) is 0 Å². The lowest BCUT2D eigenvalue weighted by molar-refractivity contribution is 1.58. The quantitative estimate of drug-likeness (QED) is 0.340. The average Bonchev–Trinajstić information content (AvgIpc) is 2.18. The van der Waals surface area contributed by atoms with E-state index >= 15 is 0 Å². The van der Waals surface area contributed by atoms with E-state index in [2.05, 4.69) is 91.8 Å². The first-order valence-electron chi connectivity index (χ1n) is 3.93. The summed E-state index contributed by atoms with van der Waals surface area (Å²) in [4.78, 5) is 0. The second-order valence-electron chi connectivity index (χ2n) is 2.97. The minimum Gasteiger partial charge on any atom is -0.0501 e. The molecule has 0 radical (unpaired) electrons. The zero-order chi connectivity index (χ0) is 11.2. The van der Waals surface area contributed by atoms with Crippen LogP contribution in [0.1, 0.15) is 0 Å². The maximum atomic E-state index is 3.57. The summed E-state index contributed by atoms with van der Waals surface area (Å²) in [5, 5.41) is 2.33. The van der Waals surface area contributed by atoms with Gasteiger partial charge in [-0.15, -0.1) is 0 Å². The molecular formula is C10H3Br5. The number of halogens is 5. The normalized spacial score (nSPS) is 11.0. The summed E-state index contributed by atoms with van der Waals surface area (Å²) >= 11 is 17.6. The van der Waals surface area contributed by atoms with E-state index in [1.165, 1.54) is 5.39 Å². The molecule has 2 aromatic carbocycles. The SMILES string of the molecule is Brc1cc2c(Br)cc(Br)c(Br)c2cc1Br. The van der Waals surface area contributed by atoms with E-state index in [0.29, 0.717) is 0 Å². The van der Waals surface area contributed by atoms with Gasteiger partial charge in [-0.05, 0) is 92.7 Å². The van der Waals surface area contributed by atoms with Crippen LogP contribution in [0.3, 0.4) is 0 Å². The van der Waals surface area contributed by atoms with Gasteiger partial charge in [0.2, 0.25) is 0 Å². The molecule has 0 aliphatic carbocycles. The Hall–Kier alpha value is 1.10. The van der Waals surface area contributed by atoms with E-state index in [-0.39, 0.29) is 0 Å². The molecule has 0 amide bonds. The second kappa shape index (κ2) is 4.77. The second-order valence-corrected chi connectivity index (χ2v) is 7.18. The predicted molar refractivity (Wildman–Crippen MR) is 82.4 cm³/mol. The molecule has 0 aliphatic heterocycles. The fraction of sp³-hybridized carbons (Fsp3) is 0. The minimum absolute atomic E-state index is 1.04. The van der Waals surface area contributed by atoms with Crippen LogP contribution in [0.4, 0.5) is 0 Å². The number of hydrogen-bond acceptors (Lipinski definition) is 0. The fourth-order valence-corrected chi connectivity index (χ4v) is 3.74. The summed E-state index contributed by atoms with van der Waals surface area (Å²) in [6.45, 7) is 0. The van der Waals surface area contributed by atoms with Crippen LogP contribution in [0.25, 0.3) is 10.8 Å². The summed E-state index contributed by atoms with van der Waals surface area (Å²) in [7, 11) is 0. The van der Waals surface area contributed by atoms with Gasteiger partial charge in [0.25, 0.3) is 0 Å². The van der Waals surface area contributed by atoms with Crippen molar-refractivity contribution < 1.29 is 0 Å². The minimum atomic E-state index is 1.04. The molecule has 0 nitrogen and oxygen atoms in total. The Labute approximate surface area is 129 Å². The lowest BCUT2D eigenvalue weighted by Crippen LogP contribution is -1.81. The molecule has 2 aromatic rings. The number of hydrogen-bond donors (Lipinski definition) is 0. The zero-order valence-corrected chi connectivity index (χ0v) is 15.1. The molecule has 78 valence electrons. The molecule has 0 N–H and O–H groups in total. The van der Waals surface area contributed by atoms with Crippen molar-refractivity contribution in [1.82, 2.24) is 0 Å². The summed E-state index contributed by atoms with van der Waals surface area (Å²) in [5.41, 5.74) is 0. The first-order chi connectivity index (χ1) is 7.00. The third kappa shape index (κ3) is 2.37. The molecule has 0 bridgehead atoms. The van der Waals surface area contributed by atoms with Gasteiger partial charge in [-0.3, -0.25) is 0 Å². The van der Waals surface area contributed by atoms with Gasteiger partial charge in [0.15, 0.2) is 0 Å². The average molecular weight is 523 g/mol. The van der Waals surface area contributed by atoms with Crippen LogP contribution in [0, 0.1) is 0 Å². The van der Waals surface area contributed by atoms with Crippen molar-refractivity contribution in [2.75, 3.05) is 0 Å². The first kappa shape index (κ1) is 12.6. The highest BCUT2D eigenvalue weighted by molar-refractivity contribution is 9.13. The van der Waals surface area contributed by atoms with Crippen molar-refractivity contribution in [1.29, 1.82) is 0 Å². The van der Waals surface area contributed by atoms with E-state index in [1.54, 1.807) is 0 Å². The van der Waals surface area contributed by atoms with Crippen molar-refractivity contribution in [3.8, 4) is 0 Å². The van der Waals surface area contributed by atoms with Crippen LogP contribution in [-0.4, -0.2) is 0 Å². The van der Waals surface area contributed by atoms with Crippen molar-refractivity contribution in [3.63, 3.8) is 0 Å². The van der Waals surface area contributed by atoms with Crippen molar-refractivity contribution >= 4 is 90.4 Å². The highest BCUT2D eigenvalue weighted by atomic mass is 79.9. The van der Waals surface area contributed by atoms with E-state index in [4.69, 9.17) is 0 Å². The largest absolute Gasteiger partial charge is 0.0501 e. The van der Waals surface area contributed by atoms with Gasteiger partial charge in [-0.2, -0.15) is 0 Å². The van der Waals surface area contributed by atoms with Crippen LogP contribution < -0.4 is 0 Å². The molecule has 0 saturated carbocycles. The molecule has 0 fully saturated rings. The number of rotatable bonds is 0. The van der Waals surface area contributed by atoms with Gasteiger partial charge in [0.05, 0.1) is 0 Å². The summed E-state index contributed by atoms with van der Waals surface area (Å²) in [6, 6.07) is 6.20. The molecule has 5 heteroatoms. The molecule has 0 heterocycles. The molecule has 0 unspecified atom stereocenters. The van der Waals surface area contributed by atoms with Crippen molar-refractivity contribution in [2.45, 2.75) is 0 Å². The highest BCUT2D eigenvalue weighted by Gasteiger charge is 2.09. The highest BCUT2D eigenvalue weighted by Crippen LogP contribution is 2.40. The molecule has 0 saturated heterocycles. The lowest BCUT2D eigenvalue weighted by atomic mass is 10.1. The van der Waals surface area contributed by atoms with Gasteiger partial charge >= 0.3 is 0 Å². The van der Waals surface area contributed by atoms with Crippen molar-refractivity contribution in [2.24, 2.45) is 0 Å². The number of benzene rings is 2. The Kier molecular flexibility index (Phi) is 3.99. The summed E-state index contributed by atoms with van der Waals surface area (Å²) in [6.07, 6.45) is 0. The van der Waals surface area contributed by atoms with Crippen LogP contribution >= 0.6 is 79.6 Å². The molecular weight excluding hydrogens is 520 g/mol. The van der Waals surface area contributed by atoms with E-state index < -0.39 is 0 Å². The Balaban J connectivity index is 2.97. The van der Waals surface area contributed by atoms with Gasteiger partial charge in [-0.1, -0.05) is 15.9 Å². The van der Waals surface area contributed by atoms with E-state index in [9.17, 15) is 0 Å². The fourth-order valence-electron chi connectivity index (χ4n) is 1.31. The predicted octanol–water partition coefficient (Wildman–Crippen LogP) is 6.65. The Morgan fingerprint density at radius 2 is 1.07 bits per heavy atom. The van der Waals surface area contributed by atoms with Gasteiger partial charge < -0.3 is 0 Å². The molecule has 15 heavy (non-hydrogen) atoms. The maximum Gasteiger partial charge on any atom is 0.0397 e. The van der Waals surface area contributed by atoms with Crippen LogP contribution in [0.2, 0.25) is 0 Å². The molecule has 0 aliphatic rings. The Morgan fingerprint density at radius 3 is 1.67 bits per heavy atom. The van der Waals surface area contributed by atoms with Crippen LogP contribution in [-0.2, 0) is 0 Å². The molecule has 0 aromatic heterocycles. The van der Waals surface area contributed by atoms with Crippen LogP contribution in [0.15, 0.2) is 40.6 Å². The zero-order valence-electron chi connectivity index (χ0n) is 7.12. The van der Waals surface area contributed by atoms with Gasteiger partial charge in [0.1, 0.15) is 0 Å². The Bertz CT molecular complexity index is 547. The smallest absolute Gasteiger partial charge is 0.0397 e. The van der Waals surface area contributed by atoms with E-state index in [1.807, 2.05) is 6.07 Å². The standard InChI is InChI=1S/C10H3Br5/c11-6-3-9(14)10(15)5-2-8(13)7(12)1-4(5)6/h1-3H. The molecule has 2 rings (SSSR count). The van der Waals surface area contributed by atoms with Crippen LogP contribution in [0.5, 0.6) is 0 Å². The first-order valence-corrected chi connectivity index (χ1v) is 7.89. The monoisotopic (exact) mass is 518 g/mol. The maximum absolute atomic E-state index is 3.57. The summed E-state index contributed by atoms with van der Waals surface area (Å²) in [5.74, 6) is 0. The molecule has 0 spiro atoms.